The molecule has 3 aromatic rings. The molecule has 6 nitrogen and oxygen atoms in total. The number of benzene rings is 3. The Morgan fingerprint density at radius 3 is 1.78 bits per heavy atom. The lowest BCUT2D eigenvalue weighted by molar-refractivity contribution is -0.244. The van der Waals surface area contributed by atoms with Crippen molar-refractivity contribution in [1.82, 2.24) is 0 Å². The molecule has 10 atom stereocenters. The highest BCUT2D eigenvalue weighted by Gasteiger charge is 2.43. The van der Waals surface area contributed by atoms with E-state index in [1.54, 1.807) is 18.9 Å². The maximum atomic E-state index is 9.10. The van der Waals surface area contributed by atoms with Crippen molar-refractivity contribution in [2.75, 3.05) is 20.3 Å². The van der Waals surface area contributed by atoms with E-state index in [0.29, 0.717) is 49.4 Å². The molecule has 2 fully saturated rings. The van der Waals surface area contributed by atoms with Crippen LogP contribution in [0.4, 0.5) is 0 Å². The van der Waals surface area contributed by atoms with E-state index in [1.807, 2.05) is 30.3 Å². The third-order valence-corrected chi connectivity index (χ3v) is 10.7. The second-order valence-corrected chi connectivity index (χ2v) is 13.7. The third-order valence-electron chi connectivity index (χ3n) is 9.58. The maximum Gasteiger partial charge on any atom is 0.160 e. The number of aliphatic hydroxyl groups is 1. The average molecular weight is 637 g/mol. The summed E-state index contributed by atoms with van der Waals surface area (Å²) in [5.74, 6) is 1.99. The van der Waals surface area contributed by atoms with Crippen molar-refractivity contribution in [2.24, 2.45) is 29.6 Å². The Morgan fingerprint density at radius 2 is 1.20 bits per heavy atom. The minimum atomic E-state index is -0.164. The first-order valence-corrected chi connectivity index (χ1v) is 17.1. The van der Waals surface area contributed by atoms with Crippen molar-refractivity contribution >= 4 is 11.8 Å². The Bertz CT molecular complexity index is 1190. The Hall–Kier alpha value is -2.23. The van der Waals surface area contributed by atoms with E-state index in [4.69, 9.17) is 28.8 Å². The van der Waals surface area contributed by atoms with Crippen LogP contribution in [0.15, 0.2) is 95.9 Å². The fourth-order valence-corrected chi connectivity index (χ4v) is 7.25. The highest BCUT2D eigenvalue weighted by molar-refractivity contribution is 7.99. The van der Waals surface area contributed by atoms with Crippen molar-refractivity contribution in [2.45, 2.75) is 82.8 Å². The second kappa shape index (κ2) is 18.2. The fraction of sp³-hybridized carbons (Fsp3) is 0.526. The molecule has 0 bridgehead atoms. The lowest BCUT2D eigenvalue weighted by atomic mass is 9.79. The summed E-state index contributed by atoms with van der Waals surface area (Å²) < 4.78 is 30.0. The molecule has 0 aromatic heterocycles. The van der Waals surface area contributed by atoms with Crippen molar-refractivity contribution in [1.29, 1.82) is 0 Å². The van der Waals surface area contributed by atoms with Crippen LogP contribution in [0.2, 0.25) is 0 Å². The highest BCUT2D eigenvalue weighted by Crippen LogP contribution is 2.40. The first-order valence-electron chi connectivity index (χ1n) is 16.3. The molecule has 2 saturated heterocycles. The van der Waals surface area contributed by atoms with Crippen LogP contribution in [0, 0.1) is 29.6 Å². The Balaban J connectivity index is 0.000000297. The van der Waals surface area contributed by atoms with E-state index in [-0.39, 0.29) is 36.6 Å². The molecule has 0 saturated carbocycles. The molecule has 3 aromatic carbocycles. The summed E-state index contributed by atoms with van der Waals surface area (Å²) >= 11 is 1.74. The number of hydrogen-bond acceptors (Lipinski definition) is 7. The summed E-state index contributed by atoms with van der Waals surface area (Å²) in [7, 11) is 1.65. The Kier molecular flexibility index (Phi) is 14.4. The Morgan fingerprint density at radius 1 is 0.644 bits per heavy atom. The van der Waals surface area contributed by atoms with Crippen LogP contribution in [0.5, 0.6) is 0 Å². The molecule has 2 aliphatic heterocycles. The van der Waals surface area contributed by atoms with Gasteiger partial charge >= 0.3 is 0 Å². The average Bonchev–Trinajstić information content (AvgIpc) is 3.07. The van der Waals surface area contributed by atoms with Gasteiger partial charge in [-0.25, -0.2) is 0 Å². The molecule has 2 aliphatic rings. The van der Waals surface area contributed by atoms with Gasteiger partial charge < -0.3 is 28.8 Å². The molecule has 0 radical (unpaired) electrons. The zero-order chi connectivity index (χ0) is 32.2. The number of aliphatic hydroxyl groups excluding tert-OH is 1. The van der Waals surface area contributed by atoms with Gasteiger partial charge in [0.1, 0.15) is 5.44 Å². The second-order valence-electron chi connectivity index (χ2n) is 12.5. The molecule has 1 N–H and O–H groups in total. The van der Waals surface area contributed by atoms with Crippen molar-refractivity contribution in [3.05, 3.63) is 102 Å². The normalized spacial score (nSPS) is 31.5. The van der Waals surface area contributed by atoms with Crippen molar-refractivity contribution < 1.29 is 28.8 Å². The van der Waals surface area contributed by atoms with Gasteiger partial charge in [0.25, 0.3) is 0 Å². The molecular formula is C38H52O6S. The monoisotopic (exact) mass is 636 g/mol. The predicted octanol–water partition coefficient (Wildman–Crippen LogP) is 7.84. The van der Waals surface area contributed by atoms with Crippen LogP contribution in [-0.4, -0.2) is 55.5 Å². The van der Waals surface area contributed by atoms with E-state index in [1.165, 1.54) is 16.0 Å². The van der Waals surface area contributed by atoms with Crippen LogP contribution in [-0.2, 0) is 36.9 Å². The summed E-state index contributed by atoms with van der Waals surface area (Å²) in [4.78, 5) is 1.19. The number of rotatable bonds is 11. The fourth-order valence-electron chi connectivity index (χ4n) is 6.01. The van der Waals surface area contributed by atoms with Gasteiger partial charge in [0.15, 0.2) is 6.29 Å². The number of methoxy groups -OCH3 is 1. The zero-order valence-corrected chi connectivity index (χ0v) is 28.5. The van der Waals surface area contributed by atoms with E-state index in [2.05, 4.69) is 95.3 Å². The van der Waals surface area contributed by atoms with Gasteiger partial charge in [0, 0.05) is 17.9 Å². The van der Waals surface area contributed by atoms with Gasteiger partial charge in [-0.2, -0.15) is 0 Å². The molecule has 0 aliphatic carbocycles. The number of thioether (sulfide) groups is 1. The van der Waals surface area contributed by atoms with E-state index in [0.717, 1.165) is 0 Å². The summed E-state index contributed by atoms with van der Waals surface area (Å²) in [6.07, 6.45) is -0.202. The first kappa shape index (κ1) is 35.6. The lowest BCUT2D eigenvalue weighted by Crippen LogP contribution is -2.50. The number of hydrogen-bond donors (Lipinski definition) is 1. The van der Waals surface area contributed by atoms with Crippen LogP contribution < -0.4 is 0 Å². The largest absolute Gasteiger partial charge is 0.394 e. The molecule has 2 heterocycles. The minimum Gasteiger partial charge on any atom is -0.394 e. The van der Waals surface area contributed by atoms with Crippen LogP contribution in [0.1, 0.15) is 45.7 Å². The molecule has 0 amide bonds. The van der Waals surface area contributed by atoms with Crippen LogP contribution in [0.3, 0.4) is 0 Å². The molecule has 4 unspecified atom stereocenters. The van der Waals surface area contributed by atoms with E-state index < -0.39 is 0 Å². The lowest BCUT2D eigenvalue weighted by Gasteiger charge is -2.44. The topological polar surface area (TPSA) is 66.4 Å². The summed E-state index contributed by atoms with van der Waals surface area (Å²) in [5, 5.41) is 9.10. The molecule has 246 valence electrons. The molecule has 45 heavy (non-hydrogen) atoms. The predicted molar refractivity (Wildman–Crippen MR) is 181 cm³/mol. The molecule has 7 heteroatoms. The van der Waals surface area contributed by atoms with E-state index in [9.17, 15) is 0 Å². The molecule has 5 rings (SSSR count). The van der Waals surface area contributed by atoms with Gasteiger partial charge in [-0.1, -0.05) is 125 Å². The SMILES string of the molecule is CO[C@H]1OC(CO)[C@@H](C)[C@H](C)C1C.C[C@@H]1C(COCc2ccccc2)O[C@@H](Sc2ccccc2)C(OCc2ccccc2)[C@H]1C. The van der Waals surface area contributed by atoms with Gasteiger partial charge in [-0.05, 0) is 46.9 Å². The maximum absolute atomic E-state index is 9.10. The van der Waals surface area contributed by atoms with Gasteiger partial charge in [-0.3, -0.25) is 0 Å². The summed E-state index contributed by atoms with van der Waals surface area (Å²) in [6.45, 7) is 12.8. The summed E-state index contributed by atoms with van der Waals surface area (Å²) in [6, 6.07) is 31.1. The minimum absolute atomic E-state index is 0.000727. The highest BCUT2D eigenvalue weighted by atomic mass is 32.2. The van der Waals surface area contributed by atoms with Gasteiger partial charge in [-0.15, -0.1) is 0 Å². The number of ether oxygens (including phenoxy) is 5. The molecule has 0 spiro atoms. The Labute approximate surface area is 274 Å². The third kappa shape index (κ3) is 10.1. The van der Waals surface area contributed by atoms with Crippen LogP contribution >= 0.6 is 11.8 Å². The molecular weight excluding hydrogens is 584 g/mol. The van der Waals surface area contributed by atoms with Gasteiger partial charge in [0.05, 0.1) is 44.7 Å². The van der Waals surface area contributed by atoms with Gasteiger partial charge in [0.2, 0.25) is 0 Å². The van der Waals surface area contributed by atoms with Crippen molar-refractivity contribution in [3.63, 3.8) is 0 Å². The quantitative estimate of drug-likeness (QED) is 0.230. The summed E-state index contributed by atoms with van der Waals surface area (Å²) in [5.41, 5.74) is 2.28. The van der Waals surface area contributed by atoms with Crippen molar-refractivity contribution in [3.8, 4) is 0 Å². The van der Waals surface area contributed by atoms with E-state index >= 15 is 0 Å². The first-order chi connectivity index (χ1) is 21.8. The zero-order valence-electron chi connectivity index (χ0n) is 27.7. The van der Waals surface area contributed by atoms with Crippen LogP contribution in [0.25, 0.3) is 0 Å². The standard InChI is InChI=1S/C28H32O3S.C10H20O3/c1-21-22(2)27(30-19-24-14-8-4-9-15-24)28(32-25-16-10-5-11-17-25)31-26(21)20-29-18-23-12-6-3-7-13-23;1-6-7(2)9(5-11)13-10(12-4)8(6)3/h3-17,21-22,26-28H,18-20H2,1-2H3;6-11H,5H2,1-4H3/t21-,22-,26?,27?,28-;6-,7-,8?,9?,10-/m00/s1. The smallest absolute Gasteiger partial charge is 0.160 e.